The first-order valence-corrected chi connectivity index (χ1v) is 11.7. The fourth-order valence-corrected chi connectivity index (χ4v) is 4.58. The van der Waals surface area contributed by atoms with E-state index < -0.39 is 5.66 Å². The standard InChI is InChI=1S/C26H30N6O/c1-2-3-12-26(27,28)25(33)24-22-10-8-20(31-22)14-18-6-4-16(29-18)13-17-5-7-19(30-17)15-21-9-11-23(24)32-21/h4,6,9,11,13-15,29,32H,2-3,5,7-8,10,12,27-28H2,1H3. The maximum atomic E-state index is 13.6. The Bertz CT molecular complexity index is 1360. The molecule has 3 aromatic rings. The Kier molecular flexibility index (Phi) is 5.60. The molecule has 2 aliphatic rings. The van der Waals surface area contributed by atoms with Crippen molar-refractivity contribution in [3.63, 3.8) is 0 Å². The van der Waals surface area contributed by atoms with E-state index in [2.05, 4.69) is 29.0 Å². The van der Waals surface area contributed by atoms with Gasteiger partial charge in [-0.3, -0.25) is 14.8 Å². The molecule has 3 aromatic heterocycles. The molecule has 8 bridgehead atoms. The minimum Gasteiger partial charge on any atom is -0.355 e. The molecule has 6 N–H and O–H groups in total. The highest BCUT2D eigenvalue weighted by atomic mass is 16.1. The Balaban J connectivity index is 1.77. The smallest absolute Gasteiger partial charge is 0.200 e. The van der Waals surface area contributed by atoms with Gasteiger partial charge < -0.3 is 21.4 Å². The lowest BCUT2D eigenvalue weighted by Gasteiger charge is -2.23. The summed E-state index contributed by atoms with van der Waals surface area (Å²) in [6.45, 7) is 2.06. The van der Waals surface area contributed by atoms with Gasteiger partial charge >= 0.3 is 0 Å². The molecule has 0 amide bonds. The molecule has 0 aliphatic carbocycles. The number of hydrogen-bond donors (Lipinski definition) is 4. The van der Waals surface area contributed by atoms with Gasteiger partial charge in [0.1, 0.15) is 5.66 Å². The third-order valence-corrected chi connectivity index (χ3v) is 6.38. The van der Waals surface area contributed by atoms with Gasteiger partial charge in [-0.2, -0.15) is 0 Å². The fourth-order valence-electron chi connectivity index (χ4n) is 4.58. The van der Waals surface area contributed by atoms with E-state index >= 15 is 0 Å². The van der Waals surface area contributed by atoms with Crippen molar-refractivity contribution in [3.05, 3.63) is 70.8 Å². The summed E-state index contributed by atoms with van der Waals surface area (Å²) in [6.07, 6.45) is 5.34. The van der Waals surface area contributed by atoms with Crippen molar-refractivity contribution in [2.75, 3.05) is 0 Å². The lowest BCUT2D eigenvalue weighted by molar-refractivity contribution is 0.0882. The zero-order valence-electron chi connectivity index (χ0n) is 18.9. The third-order valence-electron chi connectivity index (χ3n) is 6.38. The molecule has 170 valence electrons. The number of nitrogens with one attached hydrogen (secondary N) is 2. The van der Waals surface area contributed by atoms with Crippen molar-refractivity contribution < 1.29 is 4.79 Å². The third kappa shape index (κ3) is 4.47. The van der Waals surface area contributed by atoms with Gasteiger partial charge in [0.15, 0.2) is 0 Å². The minimum absolute atomic E-state index is 0.268. The second-order valence-electron chi connectivity index (χ2n) is 9.12. The van der Waals surface area contributed by atoms with Gasteiger partial charge in [-0.1, -0.05) is 19.8 Å². The number of ketones is 1. The molecular weight excluding hydrogens is 412 g/mol. The summed E-state index contributed by atoms with van der Waals surface area (Å²) < 4.78 is 0. The predicted octanol–water partition coefficient (Wildman–Crippen LogP) is 3.87. The Morgan fingerprint density at radius 1 is 0.879 bits per heavy atom. The van der Waals surface area contributed by atoms with Crippen LogP contribution in [0.25, 0.3) is 22.1 Å². The van der Waals surface area contributed by atoms with E-state index in [1.165, 1.54) is 0 Å². The van der Waals surface area contributed by atoms with Gasteiger partial charge in [0, 0.05) is 33.6 Å². The van der Waals surface area contributed by atoms with Crippen molar-refractivity contribution >= 4 is 27.9 Å². The van der Waals surface area contributed by atoms with Crippen LogP contribution >= 0.6 is 0 Å². The zero-order valence-corrected chi connectivity index (χ0v) is 18.9. The average Bonchev–Trinajstić information content (AvgIpc) is 3.58. The van der Waals surface area contributed by atoms with Gasteiger partial charge in [0.05, 0.1) is 16.8 Å². The van der Waals surface area contributed by atoms with Crippen molar-refractivity contribution in [3.8, 4) is 0 Å². The second-order valence-corrected chi connectivity index (χ2v) is 9.12. The molecule has 0 aromatic carbocycles. The lowest BCUT2D eigenvalue weighted by Crippen LogP contribution is -2.56. The highest BCUT2D eigenvalue weighted by molar-refractivity contribution is 6.08. The number of rotatable bonds is 5. The molecule has 0 fully saturated rings. The Morgan fingerprint density at radius 3 is 2.12 bits per heavy atom. The number of unbranched alkanes of at least 4 members (excludes halogenated alkanes) is 1. The molecule has 2 aliphatic heterocycles. The monoisotopic (exact) mass is 442 g/mol. The number of Topliss-reactive ketones (excluding diaryl/α,β-unsaturated/α-hetero) is 1. The molecule has 7 nitrogen and oxygen atoms in total. The van der Waals surface area contributed by atoms with Gasteiger partial charge in [-0.15, -0.1) is 0 Å². The van der Waals surface area contributed by atoms with E-state index in [9.17, 15) is 4.79 Å². The van der Waals surface area contributed by atoms with Crippen LogP contribution in [0.2, 0.25) is 0 Å². The van der Waals surface area contributed by atoms with Crippen molar-refractivity contribution in [1.29, 1.82) is 0 Å². The molecule has 0 saturated heterocycles. The number of nitrogens with two attached hydrogens (primary N) is 2. The summed E-state index contributed by atoms with van der Waals surface area (Å²) in [5, 5.41) is 0. The summed E-state index contributed by atoms with van der Waals surface area (Å²) >= 11 is 0. The van der Waals surface area contributed by atoms with Crippen molar-refractivity contribution in [1.82, 2.24) is 19.9 Å². The molecule has 33 heavy (non-hydrogen) atoms. The first-order chi connectivity index (χ1) is 15.9. The van der Waals surface area contributed by atoms with Crippen LogP contribution in [-0.2, 0) is 25.7 Å². The van der Waals surface area contributed by atoms with Crippen LogP contribution in [-0.4, -0.2) is 31.4 Å². The van der Waals surface area contributed by atoms with Crippen molar-refractivity contribution in [2.45, 2.75) is 57.5 Å². The van der Waals surface area contributed by atoms with Gasteiger partial charge in [-0.25, -0.2) is 0 Å². The van der Waals surface area contributed by atoms with E-state index in [1.54, 1.807) is 0 Å². The molecule has 5 heterocycles. The maximum absolute atomic E-state index is 13.6. The number of carbonyl (C=O) groups is 1. The molecule has 0 unspecified atom stereocenters. The summed E-state index contributed by atoms with van der Waals surface area (Å²) in [5.41, 5.74) is 19.1. The molecule has 0 radical (unpaired) electrons. The Hall–Kier alpha value is -3.29. The zero-order chi connectivity index (χ0) is 23.0. The second kappa shape index (κ2) is 8.57. The van der Waals surface area contributed by atoms with E-state index in [-0.39, 0.29) is 5.78 Å². The largest absolute Gasteiger partial charge is 0.355 e. The van der Waals surface area contributed by atoms with E-state index in [0.29, 0.717) is 23.9 Å². The predicted molar refractivity (Wildman–Crippen MR) is 131 cm³/mol. The van der Waals surface area contributed by atoms with Crippen LogP contribution in [0.1, 0.15) is 59.3 Å². The lowest BCUT2D eigenvalue weighted by atomic mass is 9.92. The SMILES string of the molecule is CCCCC(N)(N)C(=O)c1c2nc(cc3ccc(cc4nc(cc5ccc1[nH]5)CC4)[nH]3)CC2. The molecule has 5 rings (SSSR count). The van der Waals surface area contributed by atoms with Gasteiger partial charge in [0.25, 0.3) is 0 Å². The van der Waals surface area contributed by atoms with Gasteiger partial charge in [-0.05, 0) is 74.6 Å². The number of aryl methyl sites for hydroxylation is 4. The first-order valence-electron chi connectivity index (χ1n) is 11.7. The highest BCUT2D eigenvalue weighted by Crippen LogP contribution is 2.24. The molecule has 0 saturated carbocycles. The summed E-state index contributed by atoms with van der Waals surface area (Å²) in [5.74, 6) is -0.268. The number of nitrogens with zero attached hydrogens (tertiary/aromatic N) is 2. The highest BCUT2D eigenvalue weighted by Gasteiger charge is 2.33. The number of hydrogen-bond acceptors (Lipinski definition) is 5. The number of carbonyl (C=O) groups excluding carboxylic acids is 1. The summed E-state index contributed by atoms with van der Waals surface area (Å²) in [7, 11) is 0. The topological polar surface area (TPSA) is 126 Å². The van der Waals surface area contributed by atoms with Crippen LogP contribution in [0.5, 0.6) is 0 Å². The quantitative estimate of drug-likeness (QED) is 0.352. The molecular formula is C26H30N6O. The average molecular weight is 443 g/mol. The number of H-pyrrole nitrogens is 2. The van der Waals surface area contributed by atoms with Crippen molar-refractivity contribution in [2.24, 2.45) is 11.5 Å². The van der Waals surface area contributed by atoms with Crippen LogP contribution in [0, 0.1) is 0 Å². The number of aromatic amines is 2. The normalized spacial score (nSPS) is 13.9. The molecule has 7 heteroatoms. The first kappa shape index (κ1) is 21.6. The van der Waals surface area contributed by atoms with E-state index in [0.717, 1.165) is 71.4 Å². The fraction of sp³-hybridized carbons (Fsp3) is 0.346. The molecule has 0 atom stereocenters. The summed E-state index contributed by atoms with van der Waals surface area (Å²) in [6, 6.07) is 14.2. The Labute approximate surface area is 192 Å². The summed E-state index contributed by atoms with van der Waals surface area (Å²) in [4.78, 5) is 30.1. The number of fused-ring (bicyclic) bond motifs is 8. The maximum Gasteiger partial charge on any atom is 0.200 e. The van der Waals surface area contributed by atoms with Crippen LogP contribution in [0.4, 0.5) is 0 Å². The van der Waals surface area contributed by atoms with Crippen LogP contribution in [0.3, 0.4) is 0 Å². The minimum atomic E-state index is -1.43. The molecule has 0 spiro atoms. The van der Waals surface area contributed by atoms with Crippen LogP contribution in [0.15, 0.2) is 42.5 Å². The Morgan fingerprint density at radius 2 is 1.45 bits per heavy atom. The number of aromatic nitrogens is 4. The van der Waals surface area contributed by atoms with E-state index in [4.69, 9.17) is 21.4 Å². The van der Waals surface area contributed by atoms with E-state index in [1.807, 2.05) is 30.3 Å². The van der Waals surface area contributed by atoms with Gasteiger partial charge in [0.2, 0.25) is 5.78 Å². The van der Waals surface area contributed by atoms with Crippen LogP contribution < -0.4 is 11.5 Å².